The van der Waals surface area contributed by atoms with E-state index in [9.17, 15) is 9.59 Å². The van der Waals surface area contributed by atoms with E-state index in [0.29, 0.717) is 23.9 Å². The number of primary amides is 1. The normalized spacial score (nSPS) is 12.0. The summed E-state index contributed by atoms with van der Waals surface area (Å²) in [6.07, 6.45) is 0. The summed E-state index contributed by atoms with van der Waals surface area (Å²) in [5.74, 6) is 0.267. The van der Waals surface area contributed by atoms with E-state index in [1.54, 1.807) is 43.1 Å². The maximum atomic E-state index is 11.6. The molecule has 20 heavy (non-hydrogen) atoms. The molecule has 1 atom stereocenters. The molecule has 0 saturated heterocycles. The van der Waals surface area contributed by atoms with E-state index >= 15 is 0 Å². The highest BCUT2D eigenvalue weighted by molar-refractivity contribution is 6.30. The zero-order chi connectivity index (χ0) is 15.1. The van der Waals surface area contributed by atoms with Gasteiger partial charge in [0.25, 0.3) is 0 Å². The van der Waals surface area contributed by atoms with E-state index < -0.39 is 18.0 Å². The van der Waals surface area contributed by atoms with E-state index in [4.69, 9.17) is 22.1 Å². The monoisotopic (exact) mass is 299 g/mol. The third-order valence-corrected chi connectivity index (χ3v) is 3.07. The summed E-state index contributed by atoms with van der Waals surface area (Å²) < 4.78 is 5.52. The smallest absolute Gasteiger partial charge is 0.318 e. The molecule has 0 aliphatic rings. The fraction of sp³-hybridized carbons (Fsp3) is 0.385. The molecule has 0 fully saturated rings. The van der Waals surface area contributed by atoms with Gasteiger partial charge in [-0.25, -0.2) is 4.79 Å². The van der Waals surface area contributed by atoms with Crippen LogP contribution in [-0.4, -0.2) is 43.1 Å². The van der Waals surface area contributed by atoms with Crippen LogP contribution in [0.5, 0.6) is 5.75 Å². The fourth-order valence-electron chi connectivity index (χ4n) is 1.46. The second kappa shape index (κ2) is 7.72. The van der Waals surface area contributed by atoms with Crippen molar-refractivity contribution < 1.29 is 14.3 Å². The minimum absolute atomic E-state index is 0.409. The van der Waals surface area contributed by atoms with Crippen LogP contribution in [0, 0.1) is 0 Å². The molecule has 3 amide bonds. The molecule has 1 rings (SSSR count). The highest BCUT2D eigenvalue weighted by atomic mass is 35.5. The van der Waals surface area contributed by atoms with Gasteiger partial charge in [0.15, 0.2) is 0 Å². The third-order valence-electron chi connectivity index (χ3n) is 2.81. The van der Waals surface area contributed by atoms with Gasteiger partial charge in [0.2, 0.25) is 5.91 Å². The first-order valence-corrected chi connectivity index (χ1v) is 6.47. The number of halogens is 1. The standard InChI is InChI=1S/C13H18ClN3O3/c1-9(12(18)16-13(15)19)17(2)7-8-20-11-5-3-10(14)4-6-11/h3-6,9H,7-8H2,1-2H3,(H3,15,16,18,19)/t9-/m1/s1. The summed E-state index contributed by atoms with van der Waals surface area (Å²) >= 11 is 5.77. The van der Waals surface area contributed by atoms with Crippen LogP contribution in [-0.2, 0) is 4.79 Å². The van der Waals surface area contributed by atoms with Crippen LogP contribution in [0.25, 0.3) is 0 Å². The van der Waals surface area contributed by atoms with E-state index in [0.717, 1.165) is 0 Å². The number of urea groups is 1. The van der Waals surface area contributed by atoms with Gasteiger partial charge in [-0.05, 0) is 38.2 Å². The number of nitrogens with one attached hydrogen (secondary N) is 1. The number of ether oxygens (including phenoxy) is 1. The highest BCUT2D eigenvalue weighted by Gasteiger charge is 2.18. The largest absolute Gasteiger partial charge is 0.492 e. The van der Waals surface area contributed by atoms with E-state index in [1.807, 2.05) is 5.32 Å². The topological polar surface area (TPSA) is 84.7 Å². The average molecular weight is 300 g/mol. The Morgan fingerprint density at radius 3 is 2.55 bits per heavy atom. The lowest BCUT2D eigenvalue weighted by atomic mass is 10.3. The Kier molecular flexibility index (Phi) is 6.27. The lowest BCUT2D eigenvalue weighted by Crippen LogP contribution is -2.47. The van der Waals surface area contributed by atoms with Gasteiger partial charge in [-0.3, -0.25) is 15.0 Å². The summed E-state index contributed by atoms with van der Waals surface area (Å²) in [7, 11) is 1.76. The molecule has 0 saturated carbocycles. The molecule has 0 aliphatic carbocycles. The van der Waals surface area contributed by atoms with Crippen LogP contribution < -0.4 is 15.8 Å². The minimum atomic E-state index is -0.854. The molecule has 0 unspecified atom stereocenters. The number of amides is 3. The number of carbonyl (C=O) groups is 2. The number of hydrogen-bond acceptors (Lipinski definition) is 4. The summed E-state index contributed by atoms with van der Waals surface area (Å²) in [5, 5.41) is 2.69. The van der Waals surface area contributed by atoms with Crippen LogP contribution >= 0.6 is 11.6 Å². The molecule has 0 spiro atoms. The number of nitrogens with two attached hydrogens (primary N) is 1. The Morgan fingerprint density at radius 2 is 2.00 bits per heavy atom. The summed E-state index contributed by atoms with van der Waals surface area (Å²) in [6.45, 7) is 2.61. The lowest BCUT2D eigenvalue weighted by molar-refractivity contribution is -0.124. The van der Waals surface area contributed by atoms with Crippen LogP contribution in [0.15, 0.2) is 24.3 Å². The molecule has 3 N–H and O–H groups in total. The van der Waals surface area contributed by atoms with Crippen molar-refractivity contribution in [3.8, 4) is 5.75 Å². The molecule has 110 valence electrons. The first-order valence-electron chi connectivity index (χ1n) is 6.09. The molecule has 1 aromatic rings. The number of benzene rings is 1. The van der Waals surface area contributed by atoms with Gasteiger partial charge in [0.1, 0.15) is 12.4 Å². The molecular formula is C13H18ClN3O3. The predicted octanol–water partition coefficient (Wildman–Crippen LogP) is 1.23. The van der Waals surface area contributed by atoms with Crippen molar-refractivity contribution in [1.82, 2.24) is 10.2 Å². The average Bonchev–Trinajstić information content (AvgIpc) is 2.39. The highest BCUT2D eigenvalue weighted by Crippen LogP contribution is 2.15. The minimum Gasteiger partial charge on any atom is -0.492 e. The van der Waals surface area contributed by atoms with Crippen molar-refractivity contribution in [2.24, 2.45) is 5.73 Å². The molecule has 7 heteroatoms. The van der Waals surface area contributed by atoms with Crippen LogP contribution in [0.4, 0.5) is 4.79 Å². The quantitative estimate of drug-likeness (QED) is 0.827. The van der Waals surface area contributed by atoms with Crippen molar-refractivity contribution in [3.63, 3.8) is 0 Å². The van der Waals surface area contributed by atoms with E-state index in [-0.39, 0.29) is 0 Å². The summed E-state index contributed by atoms with van der Waals surface area (Å²) in [5.41, 5.74) is 4.89. The van der Waals surface area contributed by atoms with E-state index in [1.165, 1.54) is 0 Å². The lowest BCUT2D eigenvalue weighted by Gasteiger charge is -2.23. The van der Waals surface area contributed by atoms with Crippen LogP contribution in [0.3, 0.4) is 0 Å². The zero-order valence-corrected chi connectivity index (χ0v) is 12.2. The first kappa shape index (κ1) is 16.3. The van der Waals surface area contributed by atoms with Gasteiger partial charge >= 0.3 is 6.03 Å². The molecule has 0 heterocycles. The predicted molar refractivity (Wildman–Crippen MR) is 76.8 cm³/mol. The maximum Gasteiger partial charge on any atom is 0.318 e. The Hall–Kier alpha value is -1.79. The van der Waals surface area contributed by atoms with Gasteiger partial charge in [-0.1, -0.05) is 11.6 Å². The molecule has 0 aliphatic heterocycles. The number of rotatable bonds is 6. The molecular weight excluding hydrogens is 282 g/mol. The van der Waals surface area contributed by atoms with Gasteiger partial charge in [0, 0.05) is 11.6 Å². The van der Waals surface area contributed by atoms with Crippen LogP contribution in [0.2, 0.25) is 5.02 Å². The van der Waals surface area contributed by atoms with Gasteiger partial charge in [-0.2, -0.15) is 0 Å². The van der Waals surface area contributed by atoms with Crippen molar-refractivity contribution in [2.45, 2.75) is 13.0 Å². The summed E-state index contributed by atoms with van der Waals surface area (Å²) in [4.78, 5) is 23.9. The zero-order valence-electron chi connectivity index (χ0n) is 11.4. The molecule has 0 bridgehead atoms. The Labute approximate surface area is 122 Å². The Balaban J connectivity index is 2.35. The van der Waals surface area contributed by atoms with Crippen molar-refractivity contribution in [1.29, 1.82) is 0 Å². The Morgan fingerprint density at radius 1 is 1.40 bits per heavy atom. The number of nitrogens with zero attached hydrogens (tertiary/aromatic N) is 1. The number of hydrogen-bond donors (Lipinski definition) is 2. The van der Waals surface area contributed by atoms with Gasteiger partial charge in [-0.15, -0.1) is 0 Å². The SMILES string of the molecule is C[C@H](C(=O)NC(N)=O)N(C)CCOc1ccc(Cl)cc1. The number of imide groups is 1. The van der Waals surface area contributed by atoms with Gasteiger partial charge < -0.3 is 10.5 Å². The van der Waals surface area contributed by atoms with Gasteiger partial charge in [0.05, 0.1) is 6.04 Å². The van der Waals surface area contributed by atoms with Crippen molar-refractivity contribution in [3.05, 3.63) is 29.3 Å². The molecule has 0 aromatic heterocycles. The number of likely N-dealkylation sites (N-methyl/N-ethyl adjacent to an activating group) is 1. The summed E-state index contributed by atoms with van der Waals surface area (Å²) in [6, 6.07) is 5.69. The van der Waals surface area contributed by atoms with Crippen LogP contribution in [0.1, 0.15) is 6.92 Å². The fourth-order valence-corrected chi connectivity index (χ4v) is 1.58. The maximum absolute atomic E-state index is 11.6. The van der Waals surface area contributed by atoms with Crippen molar-refractivity contribution >= 4 is 23.5 Å². The first-order chi connectivity index (χ1) is 9.40. The molecule has 6 nitrogen and oxygen atoms in total. The van der Waals surface area contributed by atoms with Crippen molar-refractivity contribution in [2.75, 3.05) is 20.2 Å². The molecule has 1 aromatic carbocycles. The molecule has 0 radical (unpaired) electrons. The third kappa shape index (κ3) is 5.46. The second-order valence-corrected chi connectivity index (χ2v) is 4.75. The number of carbonyl (C=O) groups excluding carboxylic acids is 2. The second-order valence-electron chi connectivity index (χ2n) is 4.31. The Bertz CT molecular complexity index is 464. The van der Waals surface area contributed by atoms with E-state index in [2.05, 4.69) is 0 Å².